The standard InChI is InChI=1S/C19H40O4S.Na/c1-3-5-7-8-9-10-11-12-13-14-18(20)16-17-19(15-6-4-2)24(21,22)23;/h18-20H,3-17H2,1-2H3,(H,21,22,23);/q;+1/p-1. The summed E-state index contributed by atoms with van der Waals surface area (Å²) in [7, 11) is -4.24. The Morgan fingerprint density at radius 1 is 0.720 bits per heavy atom. The summed E-state index contributed by atoms with van der Waals surface area (Å²) >= 11 is 0. The number of aliphatic hydroxyl groups is 1. The van der Waals surface area contributed by atoms with Crippen LogP contribution in [0.5, 0.6) is 0 Å². The van der Waals surface area contributed by atoms with Crippen molar-refractivity contribution in [3.8, 4) is 0 Å². The van der Waals surface area contributed by atoms with E-state index < -0.39 is 21.5 Å². The molecule has 0 saturated heterocycles. The molecule has 0 fully saturated rings. The smallest absolute Gasteiger partial charge is 0.748 e. The van der Waals surface area contributed by atoms with Crippen molar-refractivity contribution in [1.29, 1.82) is 0 Å². The van der Waals surface area contributed by atoms with E-state index in [9.17, 15) is 18.1 Å². The predicted octanol–water partition coefficient (Wildman–Crippen LogP) is 2.16. The Kier molecular flexibility index (Phi) is 20.5. The Morgan fingerprint density at radius 3 is 1.68 bits per heavy atom. The first kappa shape index (κ1) is 28.1. The van der Waals surface area contributed by atoms with Crippen LogP contribution in [0.25, 0.3) is 0 Å². The van der Waals surface area contributed by atoms with Crippen molar-refractivity contribution in [3.05, 3.63) is 0 Å². The van der Waals surface area contributed by atoms with Gasteiger partial charge >= 0.3 is 29.6 Å². The summed E-state index contributed by atoms with van der Waals surface area (Å²) < 4.78 is 33.7. The molecule has 4 nitrogen and oxygen atoms in total. The molecule has 0 spiro atoms. The molecule has 0 aliphatic rings. The van der Waals surface area contributed by atoms with Gasteiger partial charge in [-0.2, -0.15) is 0 Å². The molecule has 0 saturated carbocycles. The summed E-state index contributed by atoms with van der Waals surface area (Å²) in [6.07, 6.45) is 14.2. The topological polar surface area (TPSA) is 77.4 Å². The monoisotopic (exact) mass is 386 g/mol. The first-order chi connectivity index (χ1) is 11.4. The predicted molar refractivity (Wildman–Crippen MR) is 100 cm³/mol. The molecule has 6 heteroatoms. The first-order valence-electron chi connectivity index (χ1n) is 10.0. The number of aliphatic hydroxyl groups excluding tert-OH is 1. The van der Waals surface area contributed by atoms with E-state index in [4.69, 9.17) is 0 Å². The third-order valence-corrected chi connectivity index (χ3v) is 6.04. The zero-order valence-corrected chi connectivity index (χ0v) is 19.7. The molecule has 25 heavy (non-hydrogen) atoms. The third kappa shape index (κ3) is 18.0. The molecule has 0 aromatic heterocycles. The molecule has 0 aliphatic carbocycles. The molecule has 0 heterocycles. The molecular weight excluding hydrogens is 347 g/mol. The molecule has 0 aliphatic heterocycles. The van der Waals surface area contributed by atoms with Crippen LogP contribution in [0.15, 0.2) is 0 Å². The van der Waals surface area contributed by atoms with Gasteiger partial charge in [0, 0.05) is 5.25 Å². The summed E-state index contributed by atoms with van der Waals surface area (Å²) in [4.78, 5) is 0. The maximum atomic E-state index is 11.2. The molecule has 0 radical (unpaired) electrons. The van der Waals surface area contributed by atoms with Gasteiger partial charge in [0.05, 0.1) is 16.2 Å². The second-order valence-corrected chi connectivity index (χ2v) is 8.76. The van der Waals surface area contributed by atoms with E-state index in [1.807, 2.05) is 6.92 Å². The Bertz CT molecular complexity index is 374. The van der Waals surface area contributed by atoms with Gasteiger partial charge in [-0.3, -0.25) is 0 Å². The van der Waals surface area contributed by atoms with Gasteiger partial charge in [-0.1, -0.05) is 84.5 Å². The second kappa shape index (κ2) is 18.2. The summed E-state index contributed by atoms with van der Waals surface area (Å²) in [6, 6.07) is 0. The summed E-state index contributed by atoms with van der Waals surface area (Å²) in [6.45, 7) is 4.21. The number of hydrogen-bond acceptors (Lipinski definition) is 4. The fourth-order valence-electron chi connectivity index (χ4n) is 3.08. The van der Waals surface area contributed by atoms with Gasteiger partial charge < -0.3 is 9.66 Å². The molecule has 146 valence electrons. The van der Waals surface area contributed by atoms with Gasteiger partial charge in [-0.05, 0) is 25.7 Å². The van der Waals surface area contributed by atoms with Gasteiger partial charge in [0.15, 0.2) is 0 Å². The first-order valence-corrected chi connectivity index (χ1v) is 11.5. The van der Waals surface area contributed by atoms with Crippen LogP contribution < -0.4 is 29.6 Å². The summed E-state index contributed by atoms with van der Waals surface area (Å²) in [5.41, 5.74) is 0. The van der Waals surface area contributed by atoms with E-state index in [2.05, 4.69) is 6.92 Å². The maximum Gasteiger partial charge on any atom is 1.00 e. The van der Waals surface area contributed by atoms with Crippen LogP contribution in [-0.4, -0.2) is 29.4 Å². The van der Waals surface area contributed by atoms with Crippen molar-refractivity contribution in [1.82, 2.24) is 0 Å². The number of unbranched alkanes of at least 4 members (excludes halogenated alkanes) is 9. The second-order valence-electron chi connectivity index (χ2n) is 7.11. The van der Waals surface area contributed by atoms with Crippen LogP contribution in [0.4, 0.5) is 0 Å². The minimum Gasteiger partial charge on any atom is -0.748 e. The minimum absolute atomic E-state index is 0. The number of hydrogen-bond donors (Lipinski definition) is 1. The van der Waals surface area contributed by atoms with Gasteiger partial charge in [0.2, 0.25) is 0 Å². The molecule has 2 unspecified atom stereocenters. The fourth-order valence-corrected chi connectivity index (χ4v) is 3.96. The van der Waals surface area contributed by atoms with Crippen LogP contribution in [0.1, 0.15) is 110 Å². The Hall–Kier alpha value is 0.870. The molecule has 1 N–H and O–H groups in total. The third-order valence-electron chi connectivity index (χ3n) is 4.75. The SMILES string of the molecule is CCCCCCCCCCCC(O)CCC(CCCC)S(=O)(=O)[O-].[Na+]. The van der Waals surface area contributed by atoms with Crippen LogP contribution in [-0.2, 0) is 10.1 Å². The van der Waals surface area contributed by atoms with Gasteiger partial charge in [-0.25, -0.2) is 8.42 Å². The maximum absolute atomic E-state index is 11.2. The van der Waals surface area contributed by atoms with Crippen LogP contribution in [0.3, 0.4) is 0 Å². The van der Waals surface area contributed by atoms with E-state index >= 15 is 0 Å². The summed E-state index contributed by atoms with van der Waals surface area (Å²) in [5.74, 6) is 0. The Morgan fingerprint density at radius 2 is 1.20 bits per heavy atom. The van der Waals surface area contributed by atoms with Crippen molar-refractivity contribution >= 4 is 10.1 Å². The molecule has 0 amide bonds. The van der Waals surface area contributed by atoms with Crippen molar-refractivity contribution < 1.29 is 47.6 Å². The number of rotatable bonds is 17. The van der Waals surface area contributed by atoms with E-state index in [1.165, 1.54) is 44.9 Å². The zero-order valence-electron chi connectivity index (χ0n) is 16.8. The normalized spacial score (nSPS) is 14.1. The zero-order chi connectivity index (χ0) is 18.3. The molecule has 0 aromatic carbocycles. The Balaban J connectivity index is 0. The average Bonchev–Trinajstić information content (AvgIpc) is 2.52. The summed E-state index contributed by atoms with van der Waals surface area (Å²) in [5, 5.41) is 9.17. The largest absolute Gasteiger partial charge is 1.00 e. The minimum atomic E-state index is -4.24. The van der Waals surface area contributed by atoms with E-state index in [-0.39, 0.29) is 29.6 Å². The van der Waals surface area contributed by atoms with E-state index in [0.29, 0.717) is 19.3 Å². The molecule has 0 rings (SSSR count). The van der Waals surface area contributed by atoms with Crippen LogP contribution in [0.2, 0.25) is 0 Å². The molecule has 2 atom stereocenters. The quantitative estimate of drug-likeness (QED) is 0.236. The molecule has 0 bridgehead atoms. The van der Waals surface area contributed by atoms with Gasteiger partial charge in [-0.15, -0.1) is 0 Å². The van der Waals surface area contributed by atoms with Crippen LogP contribution in [0, 0.1) is 0 Å². The van der Waals surface area contributed by atoms with Crippen molar-refractivity contribution in [3.63, 3.8) is 0 Å². The van der Waals surface area contributed by atoms with Crippen molar-refractivity contribution in [2.45, 2.75) is 122 Å². The average molecular weight is 387 g/mol. The van der Waals surface area contributed by atoms with Crippen molar-refractivity contribution in [2.24, 2.45) is 0 Å². The molecule has 0 aromatic rings. The Labute approximate surface area is 178 Å². The van der Waals surface area contributed by atoms with Gasteiger partial charge in [0.1, 0.15) is 0 Å². The van der Waals surface area contributed by atoms with Crippen molar-refractivity contribution in [2.75, 3.05) is 0 Å². The van der Waals surface area contributed by atoms with Gasteiger partial charge in [0.25, 0.3) is 0 Å². The molecular formula is C19H39NaO4S. The van der Waals surface area contributed by atoms with E-state index in [0.717, 1.165) is 32.1 Å². The van der Waals surface area contributed by atoms with E-state index in [1.54, 1.807) is 0 Å². The fraction of sp³-hybridized carbons (Fsp3) is 1.00. The van der Waals surface area contributed by atoms with Crippen LogP contribution >= 0.6 is 0 Å².